The Balaban J connectivity index is 1.75. The van der Waals surface area contributed by atoms with Crippen LogP contribution in [-0.2, 0) is 4.79 Å². The summed E-state index contributed by atoms with van der Waals surface area (Å²) in [5.74, 6) is 0.979. The second-order valence-electron chi connectivity index (χ2n) is 8.92. The first-order valence-electron chi connectivity index (χ1n) is 9.16. The lowest BCUT2D eigenvalue weighted by atomic mass is 9.63. The maximum Gasteiger partial charge on any atom is 0.158 e. The van der Waals surface area contributed by atoms with Crippen LogP contribution in [0.4, 0.5) is 0 Å². The van der Waals surface area contributed by atoms with Crippen molar-refractivity contribution in [2.75, 3.05) is 13.1 Å². The number of rotatable bonds is 0. The topological polar surface area (TPSA) is 41.5 Å². The van der Waals surface area contributed by atoms with E-state index in [1.54, 1.807) is 0 Å². The smallest absolute Gasteiger partial charge is 0.158 e. The van der Waals surface area contributed by atoms with Crippen molar-refractivity contribution in [1.29, 1.82) is 0 Å². The summed E-state index contributed by atoms with van der Waals surface area (Å²) in [6, 6.07) is 0. The molecule has 0 amide bonds. The van der Waals surface area contributed by atoms with Gasteiger partial charge in [0.1, 0.15) is 0 Å². The number of ketones is 1. The monoisotopic (exact) mass is 312 g/mol. The summed E-state index contributed by atoms with van der Waals surface area (Å²) >= 11 is 0. The molecule has 2 fully saturated rings. The summed E-state index contributed by atoms with van der Waals surface area (Å²) in [6.45, 7) is 9.08. The number of aliphatic imine (C=N–C) groups is 1. The summed E-state index contributed by atoms with van der Waals surface area (Å²) in [4.78, 5) is 17.3. The van der Waals surface area contributed by atoms with Gasteiger partial charge in [0.2, 0.25) is 0 Å². The zero-order valence-corrected chi connectivity index (χ0v) is 14.7. The van der Waals surface area contributed by atoms with Crippen LogP contribution in [0.3, 0.4) is 0 Å². The Morgan fingerprint density at radius 3 is 2.70 bits per heavy atom. The molecular formula is C20H28N2O. The van der Waals surface area contributed by atoms with Crippen LogP contribution in [0.25, 0.3) is 0 Å². The van der Waals surface area contributed by atoms with Crippen molar-refractivity contribution in [1.82, 2.24) is 5.32 Å². The highest BCUT2D eigenvalue weighted by atomic mass is 16.1. The quantitative estimate of drug-likeness (QED) is 0.739. The maximum atomic E-state index is 12.3. The van der Waals surface area contributed by atoms with E-state index in [-0.39, 0.29) is 11.2 Å². The van der Waals surface area contributed by atoms with Gasteiger partial charge in [-0.3, -0.25) is 9.79 Å². The Morgan fingerprint density at radius 2 is 2.00 bits per heavy atom. The van der Waals surface area contributed by atoms with Gasteiger partial charge in [-0.05, 0) is 67.7 Å². The highest BCUT2D eigenvalue weighted by Crippen LogP contribution is 2.53. The second-order valence-corrected chi connectivity index (χ2v) is 8.92. The third-order valence-corrected chi connectivity index (χ3v) is 6.47. The number of allylic oxidation sites excluding steroid dienone is 3. The van der Waals surface area contributed by atoms with E-state index in [2.05, 4.69) is 26.1 Å². The molecular weight excluding hydrogens is 284 g/mol. The van der Waals surface area contributed by atoms with Gasteiger partial charge in [0.05, 0.1) is 5.70 Å². The van der Waals surface area contributed by atoms with Crippen LogP contribution < -0.4 is 5.32 Å². The number of carbonyl (C=O) groups excluding carboxylic acids is 1. The number of hydrogen-bond acceptors (Lipinski definition) is 3. The first kappa shape index (κ1) is 15.3. The fraction of sp³-hybridized carbons (Fsp3) is 0.700. The fourth-order valence-electron chi connectivity index (χ4n) is 5.05. The molecule has 3 heteroatoms. The van der Waals surface area contributed by atoms with Crippen molar-refractivity contribution >= 4 is 11.5 Å². The van der Waals surface area contributed by atoms with Gasteiger partial charge in [-0.1, -0.05) is 20.8 Å². The van der Waals surface area contributed by atoms with Crippen LogP contribution in [0.15, 0.2) is 27.9 Å². The highest BCUT2D eigenvalue weighted by molar-refractivity contribution is 6.08. The predicted molar refractivity (Wildman–Crippen MR) is 93.5 cm³/mol. The van der Waals surface area contributed by atoms with Gasteiger partial charge >= 0.3 is 0 Å². The molecule has 0 aromatic carbocycles. The molecule has 2 aliphatic carbocycles. The molecule has 0 aromatic rings. The number of hydrogen-bond donors (Lipinski definition) is 1. The Hall–Kier alpha value is -1.22. The zero-order valence-electron chi connectivity index (χ0n) is 14.7. The minimum absolute atomic E-state index is 0.0710. The van der Waals surface area contributed by atoms with Crippen molar-refractivity contribution in [2.45, 2.75) is 59.3 Å². The first-order valence-corrected chi connectivity index (χ1v) is 9.16. The lowest BCUT2D eigenvalue weighted by Gasteiger charge is -2.42. The molecule has 1 saturated carbocycles. The van der Waals surface area contributed by atoms with E-state index < -0.39 is 0 Å². The van der Waals surface area contributed by atoms with Gasteiger partial charge in [-0.2, -0.15) is 0 Å². The van der Waals surface area contributed by atoms with Crippen LogP contribution in [0, 0.1) is 16.7 Å². The zero-order chi connectivity index (χ0) is 16.2. The average Bonchev–Trinajstić information content (AvgIpc) is 2.84. The number of piperidine rings is 1. The van der Waals surface area contributed by atoms with Crippen molar-refractivity contribution < 1.29 is 4.79 Å². The van der Waals surface area contributed by atoms with Crippen molar-refractivity contribution in [2.24, 2.45) is 21.7 Å². The lowest BCUT2D eigenvalue weighted by Crippen LogP contribution is -2.41. The van der Waals surface area contributed by atoms with E-state index in [1.165, 1.54) is 23.3 Å². The molecule has 2 aliphatic heterocycles. The minimum atomic E-state index is 0.0710. The van der Waals surface area contributed by atoms with Crippen molar-refractivity contribution in [3.8, 4) is 0 Å². The third kappa shape index (κ3) is 2.44. The normalized spacial score (nSPS) is 30.0. The van der Waals surface area contributed by atoms with Crippen LogP contribution in [0.2, 0.25) is 0 Å². The third-order valence-electron chi connectivity index (χ3n) is 6.47. The maximum absolute atomic E-state index is 12.3. The highest BCUT2D eigenvalue weighted by Gasteiger charge is 2.47. The molecule has 1 saturated heterocycles. The van der Waals surface area contributed by atoms with Crippen molar-refractivity contribution in [3.05, 3.63) is 22.9 Å². The minimum Gasteiger partial charge on any atom is -0.317 e. The van der Waals surface area contributed by atoms with Gasteiger partial charge < -0.3 is 5.32 Å². The van der Waals surface area contributed by atoms with Gasteiger partial charge in [-0.15, -0.1) is 0 Å². The molecule has 1 spiro atoms. The molecule has 23 heavy (non-hydrogen) atoms. The Labute approximate surface area is 139 Å². The molecule has 1 unspecified atom stereocenters. The van der Waals surface area contributed by atoms with Crippen LogP contribution >= 0.6 is 0 Å². The standard InChI is InChI=1S/C20H28N2O/c1-19(2,3)13-4-5-15-16(10-13)22-17-11-14(23)12-20(18(15)17)6-8-21-9-7-20/h11,13,21H,4-10,12H2,1-3H3. The number of nitrogens with zero attached hydrogens (tertiary/aromatic N) is 1. The molecule has 0 aromatic heterocycles. The Kier molecular flexibility index (Phi) is 3.42. The van der Waals surface area contributed by atoms with E-state index in [0.29, 0.717) is 17.8 Å². The van der Waals surface area contributed by atoms with E-state index in [1.807, 2.05) is 6.08 Å². The van der Waals surface area contributed by atoms with Gasteiger partial charge in [-0.25, -0.2) is 0 Å². The number of carbonyl (C=O) groups is 1. The lowest BCUT2D eigenvalue weighted by molar-refractivity contribution is -0.117. The van der Waals surface area contributed by atoms with Gasteiger partial charge in [0.25, 0.3) is 0 Å². The molecule has 4 rings (SSSR count). The SMILES string of the molecule is CC(C)(C)C1CCC2=C3C(=CC(=O)CC34CCNCC4)N=C2C1. The molecule has 0 radical (unpaired) electrons. The molecule has 124 valence electrons. The predicted octanol–water partition coefficient (Wildman–Crippen LogP) is 3.81. The Morgan fingerprint density at radius 1 is 1.26 bits per heavy atom. The van der Waals surface area contributed by atoms with E-state index in [9.17, 15) is 4.79 Å². The van der Waals surface area contributed by atoms with Crippen LogP contribution in [-0.4, -0.2) is 24.6 Å². The fourth-order valence-corrected chi connectivity index (χ4v) is 5.05. The Bertz CT molecular complexity index is 639. The van der Waals surface area contributed by atoms with E-state index in [4.69, 9.17) is 4.99 Å². The molecule has 0 bridgehead atoms. The summed E-state index contributed by atoms with van der Waals surface area (Å²) < 4.78 is 0. The molecule has 3 nitrogen and oxygen atoms in total. The van der Waals surface area contributed by atoms with Gasteiger partial charge in [0, 0.05) is 23.6 Å². The van der Waals surface area contributed by atoms with Crippen LogP contribution in [0.5, 0.6) is 0 Å². The van der Waals surface area contributed by atoms with Gasteiger partial charge in [0.15, 0.2) is 5.78 Å². The molecule has 1 N–H and O–H groups in total. The molecule has 2 heterocycles. The molecule has 4 aliphatic rings. The molecule has 1 atom stereocenters. The van der Waals surface area contributed by atoms with E-state index >= 15 is 0 Å². The number of nitrogens with one attached hydrogen (secondary N) is 1. The summed E-state index contributed by atoms with van der Waals surface area (Å²) in [6.07, 6.45) is 8.19. The summed E-state index contributed by atoms with van der Waals surface area (Å²) in [5, 5.41) is 3.46. The second kappa shape index (κ2) is 5.14. The van der Waals surface area contributed by atoms with E-state index in [0.717, 1.165) is 44.5 Å². The summed E-state index contributed by atoms with van der Waals surface area (Å²) in [5.41, 5.74) is 5.69. The first-order chi connectivity index (χ1) is 10.9. The largest absolute Gasteiger partial charge is 0.317 e. The summed E-state index contributed by atoms with van der Waals surface area (Å²) in [7, 11) is 0. The van der Waals surface area contributed by atoms with Crippen molar-refractivity contribution in [3.63, 3.8) is 0 Å². The number of fused-ring (bicyclic) bond motifs is 3. The van der Waals surface area contributed by atoms with Crippen LogP contribution in [0.1, 0.15) is 59.3 Å². The average molecular weight is 312 g/mol.